The minimum Gasteiger partial charge on any atom is -0.490 e. The van der Waals surface area contributed by atoms with E-state index in [0.29, 0.717) is 11.8 Å². The van der Waals surface area contributed by atoms with E-state index >= 15 is 0 Å². The molecule has 3 aromatic rings. The molecule has 6 heteroatoms. The number of nitrogens with one attached hydrogen (secondary N) is 2. The Balaban J connectivity index is 1.15. The number of benzene rings is 2. The Bertz CT molecular complexity index is 1160. The number of piperidine rings is 1. The van der Waals surface area contributed by atoms with Crippen molar-refractivity contribution in [3.05, 3.63) is 87.8 Å². The van der Waals surface area contributed by atoms with Crippen molar-refractivity contribution in [2.45, 2.75) is 38.2 Å². The number of aryl methyl sites for hydroxylation is 2. The molecule has 1 aromatic heterocycles. The SMILES string of the molecule is CN1C(C(=O)Nc2cccc(CCc3ccc(OC4CCNCC4)cc3)c2)=CCc2sccc21. The van der Waals surface area contributed by atoms with Crippen LogP contribution in [0.3, 0.4) is 0 Å². The monoisotopic (exact) mass is 473 g/mol. The molecular formula is C28H31N3O2S. The summed E-state index contributed by atoms with van der Waals surface area (Å²) in [6.45, 7) is 2.07. The van der Waals surface area contributed by atoms with E-state index in [1.807, 2.05) is 30.2 Å². The number of hydrogen-bond acceptors (Lipinski definition) is 5. The van der Waals surface area contributed by atoms with Gasteiger partial charge in [0.05, 0.1) is 5.69 Å². The first-order chi connectivity index (χ1) is 16.7. The Morgan fingerprint density at radius 2 is 1.88 bits per heavy atom. The maximum Gasteiger partial charge on any atom is 0.271 e. The minimum absolute atomic E-state index is 0.0687. The molecule has 176 valence electrons. The predicted octanol–water partition coefficient (Wildman–Crippen LogP) is 5.18. The predicted molar refractivity (Wildman–Crippen MR) is 140 cm³/mol. The van der Waals surface area contributed by atoms with E-state index in [4.69, 9.17) is 4.74 Å². The van der Waals surface area contributed by atoms with Crippen LogP contribution in [0.15, 0.2) is 71.8 Å². The summed E-state index contributed by atoms with van der Waals surface area (Å²) in [5.41, 5.74) is 5.15. The first-order valence-corrected chi connectivity index (χ1v) is 12.9. The van der Waals surface area contributed by atoms with Crippen LogP contribution in [0, 0.1) is 0 Å². The van der Waals surface area contributed by atoms with Crippen LogP contribution in [0.2, 0.25) is 0 Å². The molecule has 0 radical (unpaired) electrons. The maximum absolute atomic E-state index is 12.9. The molecule has 0 spiro atoms. The molecule has 1 amide bonds. The van der Waals surface area contributed by atoms with E-state index in [1.165, 1.54) is 16.0 Å². The second-order valence-corrected chi connectivity index (χ2v) is 9.95. The van der Waals surface area contributed by atoms with Gasteiger partial charge in [0.1, 0.15) is 17.6 Å². The van der Waals surface area contributed by atoms with E-state index in [0.717, 1.165) is 62.3 Å². The highest BCUT2D eigenvalue weighted by Crippen LogP contribution is 2.33. The van der Waals surface area contributed by atoms with E-state index in [1.54, 1.807) is 11.3 Å². The van der Waals surface area contributed by atoms with Crippen LogP contribution in [-0.4, -0.2) is 32.1 Å². The zero-order valence-electron chi connectivity index (χ0n) is 19.5. The summed E-state index contributed by atoms with van der Waals surface area (Å²) in [4.78, 5) is 16.2. The van der Waals surface area contributed by atoms with Crippen LogP contribution in [0.4, 0.5) is 11.4 Å². The van der Waals surface area contributed by atoms with Gasteiger partial charge in [-0.3, -0.25) is 4.79 Å². The average molecular weight is 474 g/mol. The lowest BCUT2D eigenvalue weighted by atomic mass is 10.0. The minimum atomic E-state index is -0.0687. The number of rotatable bonds is 7. The molecule has 0 aliphatic carbocycles. The molecule has 5 nitrogen and oxygen atoms in total. The molecule has 0 saturated carbocycles. The molecule has 3 heterocycles. The molecule has 1 saturated heterocycles. The lowest BCUT2D eigenvalue weighted by Gasteiger charge is -2.26. The van der Waals surface area contributed by atoms with Crippen LogP contribution in [0.5, 0.6) is 5.75 Å². The van der Waals surface area contributed by atoms with Crippen molar-refractivity contribution in [1.29, 1.82) is 0 Å². The summed E-state index contributed by atoms with van der Waals surface area (Å²) in [7, 11) is 1.95. The van der Waals surface area contributed by atoms with Crippen LogP contribution in [0.25, 0.3) is 0 Å². The number of ether oxygens (including phenoxy) is 1. The van der Waals surface area contributed by atoms with Gasteiger partial charge in [-0.05, 0) is 91.7 Å². The van der Waals surface area contributed by atoms with E-state index < -0.39 is 0 Å². The number of carbonyl (C=O) groups excluding carboxylic acids is 1. The molecule has 2 aliphatic rings. The Morgan fingerprint density at radius 3 is 2.71 bits per heavy atom. The second-order valence-electron chi connectivity index (χ2n) is 8.95. The van der Waals surface area contributed by atoms with Gasteiger partial charge >= 0.3 is 0 Å². The average Bonchev–Trinajstić information content (AvgIpc) is 3.35. The third-order valence-corrected chi connectivity index (χ3v) is 7.49. The van der Waals surface area contributed by atoms with Gasteiger partial charge < -0.3 is 20.3 Å². The van der Waals surface area contributed by atoms with Crippen molar-refractivity contribution < 1.29 is 9.53 Å². The Labute approximate surface area is 205 Å². The molecule has 2 N–H and O–H groups in total. The number of thiophene rings is 1. The summed E-state index contributed by atoms with van der Waals surface area (Å²) in [5, 5.41) is 8.53. The van der Waals surface area contributed by atoms with E-state index in [-0.39, 0.29) is 5.91 Å². The normalized spacial score (nSPS) is 16.0. The highest BCUT2D eigenvalue weighted by atomic mass is 32.1. The third kappa shape index (κ3) is 5.34. The zero-order valence-corrected chi connectivity index (χ0v) is 20.4. The molecule has 1 fully saturated rings. The number of likely N-dealkylation sites (N-methyl/N-ethyl adjacent to an activating group) is 1. The van der Waals surface area contributed by atoms with Crippen molar-refractivity contribution in [3.63, 3.8) is 0 Å². The highest BCUT2D eigenvalue weighted by Gasteiger charge is 2.22. The quantitative estimate of drug-likeness (QED) is 0.497. The summed E-state index contributed by atoms with van der Waals surface area (Å²) >= 11 is 1.73. The van der Waals surface area contributed by atoms with Gasteiger partial charge in [0.25, 0.3) is 5.91 Å². The van der Waals surface area contributed by atoms with Gasteiger partial charge in [-0.1, -0.05) is 24.3 Å². The van der Waals surface area contributed by atoms with Crippen molar-refractivity contribution in [1.82, 2.24) is 5.32 Å². The first-order valence-electron chi connectivity index (χ1n) is 12.0. The summed E-state index contributed by atoms with van der Waals surface area (Å²) in [5.74, 6) is 0.887. The number of allylic oxidation sites excluding steroid dienone is 1. The Morgan fingerprint density at radius 1 is 1.09 bits per heavy atom. The standard InChI is InChI=1S/C28H31N3O2S/c1-31-25-15-18-34-27(25)12-11-26(31)28(32)30-22-4-2-3-21(19-22)6-5-20-7-9-23(10-8-20)33-24-13-16-29-17-14-24/h2-4,7-11,15,18-19,24,29H,5-6,12-14,16-17H2,1H3,(H,30,32). The van der Waals surface area contributed by atoms with Gasteiger partial charge in [-0.25, -0.2) is 0 Å². The van der Waals surface area contributed by atoms with Crippen molar-refractivity contribution in [2.24, 2.45) is 0 Å². The summed E-state index contributed by atoms with van der Waals surface area (Å²) < 4.78 is 6.11. The van der Waals surface area contributed by atoms with Crippen LogP contribution < -0.4 is 20.3 Å². The fraction of sp³-hybridized carbons (Fsp3) is 0.321. The van der Waals surface area contributed by atoms with E-state index in [2.05, 4.69) is 58.5 Å². The van der Waals surface area contributed by atoms with Crippen molar-refractivity contribution in [3.8, 4) is 5.75 Å². The number of carbonyl (C=O) groups is 1. The largest absolute Gasteiger partial charge is 0.490 e. The lowest BCUT2D eigenvalue weighted by Crippen LogP contribution is -2.34. The summed E-state index contributed by atoms with van der Waals surface area (Å²) in [6.07, 6.45) is 7.13. The maximum atomic E-state index is 12.9. The molecular weight excluding hydrogens is 442 g/mol. The highest BCUT2D eigenvalue weighted by molar-refractivity contribution is 7.10. The molecule has 5 rings (SSSR count). The second kappa shape index (κ2) is 10.5. The topological polar surface area (TPSA) is 53.6 Å². The Hall–Kier alpha value is -3.09. The first kappa shape index (κ1) is 22.7. The molecule has 34 heavy (non-hydrogen) atoms. The number of fused-ring (bicyclic) bond motifs is 1. The molecule has 2 aromatic carbocycles. The molecule has 0 unspecified atom stereocenters. The van der Waals surface area contributed by atoms with Gasteiger partial charge in [0, 0.05) is 24.0 Å². The molecule has 0 bridgehead atoms. The van der Waals surface area contributed by atoms with Gasteiger partial charge in [0.2, 0.25) is 0 Å². The van der Waals surface area contributed by atoms with Crippen molar-refractivity contribution in [2.75, 3.05) is 30.4 Å². The van der Waals surface area contributed by atoms with Gasteiger partial charge in [-0.15, -0.1) is 11.3 Å². The van der Waals surface area contributed by atoms with Crippen molar-refractivity contribution >= 4 is 28.6 Å². The molecule has 2 aliphatic heterocycles. The third-order valence-electron chi connectivity index (χ3n) is 6.56. The lowest BCUT2D eigenvalue weighted by molar-refractivity contribution is -0.112. The van der Waals surface area contributed by atoms with Gasteiger partial charge in [0.15, 0.2) is 0 Å². The molecule has 0 atom stereocenters. The van der Waals surface area contributed by atoms with Crippen LogP contribution >= 0.6 is 11.3 Å². The smallest absolute Gasteiger partial charge is 0.271 e. The fourth-order valence-corrected chi connectivity index (χ4v) is 5.48. The number of hydrogen-bond donors (Lipinski definition) is 2. The van der Waals surface area contributed by atoms with E-state index in [9.17, 15) is 4.79 Å². The Kier molecular flexibility index (Phi) is 6.97. The number of anilines is 2. The number of nitrogens with zero attached hydrogens (tertiary/aromatic N) is 1. The fourth-order valence-electron chi connectivity index (χ4n) is 4.62. The van der Waals surface area contributed by atoms with Crippen LogP contribution in [-0.2, 0) is 24.1 Å². The van der Waals surface area contributed by atoms with Gasteiger partial charge in [-0.2, -0.15) is 0 Å². The number of amides is 1. The zero-order chi connectivity index (χ0) is 23.3. The van der Waals surface area contributed by atoms with Crippen LogP contribution in [0.1, 0.15) is 28.8 Å². The summed E-state index contributed by atoms with van der Waals surface area (Å²) in [6, 6.07) is 18.7.